The van der Waals surface area contributed by atoms with Crippen LogP contribution in [0.2, 0.25) is 0 Å². The van der Waals surface area contributed by atoms with Crippen LogP contribution in [-0.4, -0.2) is 12.9 Å². The summed E-state index contributed by atoms with van der Waals surface area (Å²) in [7, 11) is 1.69. The van der Waals surface area contributed by atoms with Crippen LogP contribution in [0.25, 0.3) is 0 Å². The fourth-order valence-electron chi connectivity index (χ4n) is 5.86. The third-order valence-electron chi connectivity index (χ3n) is 6.44. The Morgan fingerprint density at radius 2 is 1.57 bits per heavy atom. The van der Waals surface area contributed by atoms with E-state index >= 15 is 0 Å². The minimum atomic E-state index is -0.209. The van der Waals surface area contributed by atoms with Gasteiger partial charge in [0.2, 0.25) is 0 Å². The Hall–Kier alpha value is -1.51. The van der Waals surface area contributed by atoms with Crippen molar-refractivity contribution >= 4 is 5.84 Å². The fourth-order valence-corrected chi connectivity index (χ4v) is 5.86. The zero-order chi connectivity index (χ0) is 14.6. The van der Waals surface area contributed by atoms with E-state index in [1.165, 1.54) is 37.7 Å². The molecule has 0 amide bonds. The molecule has 1 aromatic rings. The second kappa shape index (κ2) is 4.49. The molecule has 0 aromatic heterocycles. The maximum Gasteiger partial charge on any atom is 0.118 e. The normalized spacial score (nSPS) is 40.2. The van der Waals surface area contributed by atoms with Crippen molar-refractivity contribution in [2.45, 2.75) is 37.5 Å². The van der Waals surface area contributed by atoms with Crippen molar-refractivity contribution in [3.8, 4) is 5.75 Å². The Bertz CT molecular complexity index is 535. The molecule has 4 aliphatic rings. The molecule has 5 rings (SSSR count). The van der Waals surface area contributed by atoms with Crippen LogP contribution in [0.15, 0.2) is 24.3 Å². The van der Waals surface area contributed by atoms with Crippen LogP contribution in [0.4, 0.5) is 0 Å². The Morgan fingerprint density at radius 3 is 2.00 bits per heavy atom. The average Bonchev–Trinajstić information content (AvgIpc) is 2.47. The summed E-state index contributed by atoms with van der Waals surface area (Å²) >= 11 is 0. The Labute approximate surface area is 126 Å². The maximum absolute atomic E-state index is 8.40. The SMILES string of the molecule is COc1ccc(C2(C(=N)N)C3CC4CC(C3)CC2C4)cc1. The summed E-state index contributed by atoms with van der Waals surface area (Å²) in [4.78, 5) is 0. The molecule has 0 atom stereocenters. The molecule has 3 N–H and O–H groups in total. The summed E-state index contributed by atoms with van der Waals surface area (Å²) in [6, 6.07) is 8.32. The van der Waals surface area contributed by atoms with Crippen molar-refractivity contribution in [1.82, 2.24) is 0 Å². The van der Waals surface area contributed by atoms with Crippen LogP contribution in [0.1, 0.15) is 37.7 Å². The van der Waals surface area contributed by atoms with Gasteiger partial charge in [-0.05, 0) is 73.5 Å². The van der Waals surface area contributed by atoms with E-state index in [0.717, 1.165) is 17.6 Å². The van der Waals surface area contributed by atoms with Gasteiger partial charge in [-0.1, -0.05) is 12.1 Å². The van der Waals surface area contributed by atoms with Gasteiger partial charge < -0.3 is 10.5 Å². The monoisotopic (exact) mass is 284 g/mol. The first-order valence-electron chi connectivity index (χ1n) is 8.13. The summed E-state index contributed by atoms with van der Waals surface area (Å²) in [6.07, 6.45) is 6.47. The van der Waals surface area contributed by atoms with Gasteiger partial charge in [-0.15, -0.1) is 0 Å². The predicted octanol–water partition coefficient (Wildman–Crippen LogP) is 3.33. The highest BCUT2D eigenvalue weighted by Gasteiger charge is 2.59. The first kappa shape index (κ1) is 13.2. The lowest BCUT2D eigenvalue weighted by Crippen LogP contribution is -2.61. The molecule has 4 aliphatic carbocycles. The van der Waals surface area contributed by atoms with Crippen molar-refractivity contribution in [2.75, 3.05) is 7.11 Å². The summed E-state index contributed by atoms with van der Waals surface area (Å²) in [5.74, 6) is 4.18. The van der Waals surface area contributed by atoms with Gasteiger partial charge in [-0.3, -0.25) is 5.41 Å². The number of nitrogens with one attached hydrogen (secondary N) is 1. The summed E-state index contributed by atoms with van der Waals surface area (Å²) in [5.41, 5.74) is 7.24. The molecule has 0 aliphatic heterocycles. The minimum Gasteiger partial charge on any atom is -0.497 e. The second-order valence-electron chi connectivity index (χ2n) is 7.32. The number of hydrogen-bond acceptors (Lipinski definition) is 2. The molecular weight excluding hydrogens is 260 g/mol. The number of methoxy groups -OCH3 is 1. The number of amidine groups is 1. The molecule has 0 unspecified atom stereocenters. The number of benzene rings is 1. The first-order valence-corrected chi connectivity index (χ1v) is 8.13. The Kier molecular flexibility index (Phi) is 2.82. The largest absolute Gasteiger partial charge is 0.497 e. The van der Waals surface area contributed by atoms with Crippen LogP contribution in [0.3, 0.4) is 0 Å². The second-order valence-corrected chi connectivity index (χ2v) is 7.32. The molecule has 4 bridgehead atoms. The summed E-state index contributed by atoms with van der Waals surface area (Å²) < 4.78 is 5.28. The van der Waals surface area contributed by atoms with E-state index in [0.29, 0.717) is 17.7 Å². The molecule has 112 valence electrons. The molecule has 4 saturated carbocycles. The maximum atomic E-state index is 8.40. The standard InChI is InChI=1S/C18H24N2O/c1-21-16-4-2-13(3-5-16)18(17(19)20)14-7-11-6-12(9-14)10-15(18)8-11/h2-5,11-12,14-15H,6-10H2,1H3,(H3,19,20). The van der Waals surface area contributed by atoms with Gasteiger partial charge >= 0.3 is 0 Å². The molecule has 21 heavy (non-hydrogen) atoms. The van der Waals surface area contributed by atoms with Crippen LogP contribution in [-0.2, 0) is 5.41 Å². The van der Waals surface area contributed by atoms with E-state index in [-0.39, 0.29) is 5.41 Å². The molecule has 0 radical (unpaired) electrons. The minimum absolute atomic E-state index is 0.209. The number of hydrogen-bond donors (Lipinski definition) is 2. The van der Waals surface area contributed by atoms with Gasteiger partial charge in [-0.2, -0.15) is 0 Å². The van der Waals surface area contributed by atoms with E-state index in [1.807, 2.05) is 12.1 Å². The van der Waals surface area contributed by atoms with E-state index in [4.69, 9.17) is 15.9 Å². The lowest BCUT2D eigenvalue weighted by atomic mass is 9.43. The lowest BCUT2D eigenvalue weighted by Gasteiger charge is -2.61. The highest BCUT2D eigenvalue weighted by molar-refractivity contribution is 5.90. The molecule has 4 fully saturated rings. The van der Waals surface area contributed by atoms with Crippen LogP contribution < -0.4 is 10.5 Å². The molecule has 0 spiro atoms. The Morgan fingerprint density at radius 1 is 1.05 bits per heavy atom. The first-order chi connectivity index (χ1) is 10.1. The topological polar surface area (TPSA) is 59.1 Å². The molecule has 0 heterocycles. The third kappa shape index (κ3) is 1.69. The third-order valence-corrected chi connectivity index (χ3v) is 6.44. The van der Waals surface area contributed by atoms with Crippen molar-refractivity contribution in [1.29, 1.82) is 5.41 Å². The number of nitrogens with two attached hydrogens (primary N) is 1. The van der Waals surface area contributed by atoms with Gasteiger partial charge in [-0.25, -0.2) is 0 Å². The van der Waals surface area contributed by atoms with Crippen molar-refractivity contribution in [3.63, 3.8) is 0 Å². The van der Waals surface area contributed by atoms with Crippen molar-refractivity contribution < 1.29 is 4.74 Å². The molecule has 3 heteroatoms. The van der Waals surface area contributed by atoms with Gasteiger partial charge in [0.05, 0.1) is 12.5 Å². The van der Waals surface area contributed by atoms with Gasteiger partial charge in [0.15, 0.2) is 0 Å². The van der Waals surface area contributed by atoms with Crippen LogP contribution in [0.5, 0.6) is 5.75 Å². The molecule has 1 aromatic carbocycles. The summed E-state index contributed by atoms with van der Waals surface area (Å²) in [6.45, 7) is 0. The quantitative estimate of drug-likeness (QED) is 0.660. The predicted molar refractivity (Wildman–Crippen MR) is 83.6 cm³/mol. The highest BCUT2D eigenvalue weighted by Crippen LogP contribution is 2.62. The average molecular weight is 284 g/mol. The highest BCUT2D eigenvalue weighted by atomic mass is 16.5. The van der Waals surface area contributed by atoms with Crippen LogP contribution in [0, 0.1) is 29.1 Å². The van der Waals surface area contributed by atoms with E-state index in [9.17, 15) is 0 Å². The zero-order valence-electron chi connectivity index (χ0n) is 12.6. The van der Waals surface area contributed by atoms with Crippen LogP contribution >= 0.6 is 0 Å². The van der Waals surface area contributed by atoms with E-state index in [2.05, 4.69) is 12.1 Å². The molecular formula is C18H24N2O. The molecule has 3 nitrogen and oxygen atoms in total. The zero-order valence-corrected chi connectivity index (χ0v) is 12.6. The number of rotatable bonds is 3. The Balaban J connectivity index is 1.81. The van der Waals surface area contributed by atoms with Gasteiger partial charge in [0, 0.05) is 0 Å². The van der Waals surface area contributed by atoms with Crippen molar-refractivity contribution in [3.05, 3.63) is 29.8 Å². The van der Waals surface area contributed by atoms with Crippen molar-refractivity contribution in [2.24, 2.45) is 29.4 Å². The van der Waals surface area contributed by atoms with Gasteiger partial charge in [0.1, 0.15) is 11.6 Å². The molecule has 0 saturated heterocycles. The van der Waals surface area contributed by atoms with Gasteiger partial charge in [0.25, 0.3) is 0 Å². The number of ether oxygens (including phenoxy) is 1. The summed E-state index contributed by atoms with van der Waals surface area (Å²) in [5, 5.41) is 8.40. The van der Waals surface area contributed by atoms with E-state index in [1.54, 1.807) is 7.11 Å². The lowest BCUT2D eigenvalue weighted by molar-refractivity contribution is -0.0300. The van der Waals surface area contributed by atoms with E-state index < -0.39 is 0 Å². The fraction of sp³-hybridized carbons (Fsp3) is 0.611. The smallest absolute Gasteiger partial charge is 0.118 e.